The highest BCUT2D eigenvalue weighted by molar-refractivity contribution is 6.08. The van der Waals surface area contributed by atoms with E-state index in [0.717, 1.165) is 10.9 Å². The number of H-pyrrole nitrogens is 2. The van der Waals surface area contributed by atoms with Gasteiger partial charge in [0.2, 0.25) is 5.91 Å². The van der Waals surface area contributed by atoms with Gasteiger partial charge >= 0.3 is 0 Å². The summed E-state index contributed by atoms with van der Waals surface area (Å²) in [5, 5.41) is 10.4. The molecule has 3 rings (SSSR count). The smallest absolute Gasteiger partial charge is 0.272 e. The highest BCUT2D eigenvalue weighted by atomic mass is 16.2. The predicted octanol–water partition coefficient (Wildman–Crippen LogP) is 1.24. The number of primary amides is 1. The lowest BCUT2D eigenvalue weighted by Gasteiger charge is -2.04. The summed E-state index contributed by atoms with van der Waals surface area (Å²) in [6, 6.07) is 6.87. The van der Waals surface area contributed by atoms with Crippen LogP contribution in [0.1, 0.15) is 20.8 Å². The Morgan fingerprint density at radius 1 is 1.30 bits per heavy atom. The topological polar surface area (TPSA) is 117 Å². The summed E-state index contributed by atoms with van der Waals surface area (Å²) in [5.41, 5.74) is 7.00. The molecule has 0 bridgehead atoms. The molecule has 0 radical (unpaired) electrons. The lowest BCUT2D eigenvalue weighted by atomic mass is 10.2. The molecular weight excluding hydrogens is 258 g/mol. The molecule has 7 nitrogen and oxygen atoms in total. The van der Waals surface area contributed by atoms with Crippen LogP contribution < -0.4 is 11.1 Å². The number of amides is 2. The van der Waals surface area contributed by atoms with Crippen molar-refractivity contribution >= 4 is 28.4 Å². The van der Waals surface area contributed by atoms with E-state index in [2.05, 4.69) is 20.5 Å². The largest absolute Gasteiger partial charge is 0.366 e. The molecule has 0 saturated heterocycles. The van der Waals surface area contributed by atoms with Gasteiger partial charge in [0.25, 0.3) is 5.91 Å². The number of benzene rings is 1. The number of nitrogens with two attached hydrogens (primary N) is 1. The lowest BCUT2D eigenvalue weighted by molar-refractivity contribution is 0.0999. The average molecular weight is 269 g/mol. The van der Waals surface area contributed by atoms with Gasteiger partial charge < -0.3 is 16.0 Å². The Balaban J connectivity index is 1.88. The van der Waals surface area contributed by atoms with Crippen LogP contribution in [-0.4, -0.2) is 27.0 Å². The average Bonchev–Trinajstić information content (AvgIpc) is 3.08. The van der Waals surface area contributed by atoms with E-state index in [9.17, 15) is 9.59 Å². The number of nitrogens with one attached hydrogen (secondary N) is 3. The SMILES string of the molecule is NC(=O)c1c[nH]c(C(=O)Nc2cccc3cn[nH]c23)c1. The predicted molar refractivity (Wildman–Crippen MR) is 73.4 cm³/mol. The van der Waals surface area contributed by atoms with Crippen molar-refractivity contribution in [3.8, 4) is 0 Å². The van der Waals surface area contributed by atoms with Crippen LogP contribution >= 0.6 is 0 Å². The number of fused-ring (bicyclic) bond motifs is 1. The highest BCUT2D eigenvalue weighted by Crippen LogP contribution is 2.21. The molecule has 2 heterocycles. The maximum absolute atomic E-state index is 12.1. The van der Waals surface area contributed by atoms with Crippen LogP contribution in [0.15, 0.2) is 36.7 Å². The molecule has 0 aliphatic carbocycles. The minimum absolute atomic E-state index is 0.259. The summed E-state index contributed by atoms with van der Waals surface area (Å²) in [5.74, 6) is -0.949. The molecule has 0 saturated carbocycles. The number of aromatic nitrogens is 3. The third kappa shape index (κ3) is 2.01. The lowest BCUT2D eigenvalue weighted by Crippen LogP contribution is -2.13. The van der Waals surface area contributed by atoms with Crippen LogP contribution in [0.3, 0.4) is 0 Å². The quantitative estimate of drug-likeness (QED) is 0.573. The first kappa shape index (κ1) is 12.0. The Labute approximate surface area is 113 Å². The number of hydrogen-bond donors (Lipinski definition) is 4. The molecule has 100 valence electrons. The van der Waals surface area contributed by atoms with E-state index in [4.69, 9.17) is 5.73 Å². The zero-order valence-electron chi connectivity index (χ0n) is 10.3. The van der Waals surface area contributed by atoms with Crippen LogP contribution in [0, 0.1) is 0 Å². The van der Waals surface area contributed by atoms with Crippen molar-refractivity contribution in [3.63, 3.8) is 0 Å². The molecule has 0 aliphatic rings. The Morgan fingerprint density at radius 3 is 2.90 bits per heavy atom. The molecule has 1 aromatic carbocycles. The number of hydrogen-bond acceptors (Lipinski definition) is 3. The molecule has 0 unspecified atom stereocenters. The second kappa shape index (κ2) is 4.54. The van der Waals surface area contributed by atoms with Crippen molar-refractivity contribution in [1.82, 2.24) is 15.2 Å². The van der Waals surface area contributed by atoms with Gasteiger partial charge in [0.1, 0.15) is 5.69 Å². The molecule has 0 atom stereocenters. The van der Waals surface area contributed by atoms with Gasteiger partial charge in [-0.1, -0.05) is 12.1 Å². The number of para-hydroxylation sites is 1. The van der Waals surface area contributed by atoms with Crippen molar-refractivity contribution in [2.75, 3.05) is 5.32 Å². The van der Waals surface area contributed by atoms with E-state index in [1.54, 1.807) is 12.3 Å². The monoisotopic (exact) mass is 269 g/mol. The van der Waals surface area contributed by atoms with Crippen LogP contribution in [0.2, 0.25) is 0 Å². The van der Waals surface area contributed by atoms with E-state index in [-0.39, 0.29) is 17.2 Å². The first-order valence-corrected chi connectivity index (χ1v) is 5.87. The number of nitrogens with zero attached hydrogens (tertiary/aromatic N) is 1. The number of aromatic amines is 2. The fourth-order valence-electron chi connectivity index (χ4n) is 1.93. The molecule has 0 fully saturated rings. The van der Waals surface area contributed by atoms with E-state index in [0.29, 0.717) is 5.69 Å². The van der Waals surface area contributed by atoms with Crippen LogP contribution in [-0.2, 0) is 0 Å². The van der Waals surface area contributed by atoms with Gasteiger partial charge in [-0.15, -0.1) is 0 Å². The molecule has 7 heteroatoms. The minimum Gasteiger partial charge on any atom is -0.366 e. The van der Waals surface area contributed by atoms with Crippen molar-refractivity contribution in [3.05, 3.63) is 47.9 Å². The van der Waals surface area contributed by atoms with E-state index >= 15 is 0 Å². The molecule has 0 aliphatic heterocycles. The van der Waals surface area contributed by atoms with Gasteiger partial charge in [0.05, 0.1) is 23.0 Å². The maximum Gasteiger partial charge on any atom is 0.272 e. The summed E-state index contributed by atoms with van der Waals surface area (Å²) < 4.78 is 0. The number of carbonyl (C=O) groups is 2. The van der Waals surface area contributed by atoms with Gasteiger partial charge in [-0.25, -0.2) is 0 Å². The fraction of sp³-hybridized carbons (Fsp3) is 0. The molecule has 3 aromatic rings. The summed E-state index contributed by atoms with van der Waals surface area (Å²) in [4.78, 5) is 25.8. The first-order valence-electron chi connectivity index (χ1n) is 5.87. The molecule has 2 aromatic heterocycles. The Hall–Kier alpha value is -3.09. The Bertz CT molecular complexity index is 802. The van der Waals surface area contributed by atoms with Gasteiger partial charge in [0.15, 0.2) is 0 Å². The fourth-order valence-corrected chi connectivity index (χ4v) is 1.93. The Morgan fingerprint density at radius 2 is 2.15 bits per heavy atom. The van der Waals surface area contributed by atoms with Crippen molar-refractivity contribution in [2.45, 2.75) is 0 Å². The molecule has 20 heavy (non-hydrogen) atoms. The zero-order valence-corrected chi connectivity index (χ0v) is 10.3. The van der Waals surface area contributed by atoms with E-state index in [1.165, 1.54) is 12.3 Å². The van der Waals surface area contributed by atoms with Crippen molar-refractivity contribution in [1.29, 1.82) is 0 Å². The standard InChI is InChI=1S/C13H11N5O2/c14-12(19)8-4-10(15-5-8)13(20)17-9-3-1-2-7-6-16-18-11(7)9/h1-6,15H,(H2,14,19)(H,16,18)(H,17,20). The van der Waals surface area contributed by atoms with Crippen molar-refractivity contribution < 1.29 is 9.59 Å². The van der Waals surface area contributed by atoms with Gasteiger partial charge in [-0.3, -0.25) is 14.7 Å². The zero-order chi connectivity index (χ0) is 14.1. The highest BCUT2D eigenvalue weighted by Gasteiger charge is 2.12. The second-order valence-corrected chi connectivity index (χ2v) is 4.26. The summed E-state index contributed by atoms with van der Waals surface area (Å²) in [6.07, 6.45) is 3.07. The maximum atomic E-state index is 12.1. The van der Waals surface area contributed by atoms with E-state index in [1.807, 2.05) is 12.1 Å². The second-order valence-electron chi connectivity index (χ2n) is 4.26. The molecule has 2 amide bonds. The molecule has 0 spiro atoms. The van der Waals surface area contributed by atoms with Crippen LogP contribution in [0.25, 0.3) is 10.9 Å². The van der Waals surface area contributed by atoms with E-state index < -0.39 is 5.91 Å². The number of anilines is 1. The van der Waals surface area contributed by atoms with Gasteiger partial charge in [-0.2, -0.15) is 5.10 Å². The minimum atomic E-state index is -0.587. The van der Waals surface area contributed by atoms with Crippen molar-refractivity contribution in [2.24, 2.45) is 5.73 Å². The van der Waals surface area contributed by atoms with Gasteiger partial charge in [0, 0.05) is 11.6 Å². The summed E-state index contributed by atoms with van der Waals surface area (Å²) >= 11 is 0. The third-order valence-electron chi connectivity index (χ3n) is 2.94. The third-order valence-corrected chi connectivity index (χ3v) is 2.94. The molecule has 5 N–H and O–H groups in total. The van der Waals surface area contributed by atoms with Crippen LogP contribution in [0.4, 0.5) is 5.69 Å². The molecular formula is C13H11N5O2. The number of carbonyl (C=O) groups excluding carboxylic acids is 2. The van der Waals surface area contributed by atoms with Crippen LogP contribution in [0.5, 0.6) is 0 Å². The summed E-state index contributed by atoms with van der Waals surface area (Å²) in [7, 11) is 0. The Kier molecular flexibility index (Phi) is 2.72. The first-order chi connectivity index (χ1) is 9.65. The number of rotatable bonds is 3. The summed E-state index contributed by atoms with van der Waals surface area (Å²) in [6.45, 7) is 0. The normalized spacial score (nSPS) is 10.6. The van der Waals surface area contributed by atoms with Gasteiger partial charge in [-0.05, 0) is 12.1 Å².